The molecule has 4 rings (SSSR count). The van der Waals surface area contributed by atoms with Crippen molar-refractivity contribution in [2.24, 2.45) is 5.92 Å². The van der Waals surface area contributed by atoms with Crippen LogP contribution in [0.3, 0.4) is 0 Å². The number of likely N-dealkylation sites (tertiary alicyclic amines) is 1. The first-order valence-electron chi connectivity index (χ1n) is 12.2. The van der Waals surface area contributed by atoms with Crippen molar-refractivity contribution in [3.8, 4) is 0 Å². The zero-order valence-electron chi connectivity index (χ0n) is 19.9. The Labute approximate surface area is 205 Å². The quantitative estimate of drug-likeness (QED) is 0.403. The highest BCUT2D eigenvalue weighted by Crippen LogP contribution is 2.30. The Hall–Kier alpha value is -2.86. The number of amides is 1. The summed E-state index contributed by atoms with van der Waals surface area (Å²) < 4.78 is 7.30. The van der Waals surface area contributed by atoms with Crippen LogP contribution < -0.4 is 0 Å². The minimum atomic E-state index is -0.353. The summed E-state index contributed by atoms with van der Waals surface area (Å²) >= 11 is 6.46. The summed E-state index contributed by atoms with van der Waals surface area (Å²) in [7, 11) is 0. The molecule has 3 aromatic rings. The first kappa shape index (κ1) is 24.3. The highest BCUT2D eigenvalue weighted by atomic mass is 35.5. The first-order chi connectivity index (χ1) is 16.5. The van der Waals surface area contributed by atoms with Crippen molar-refractivity contribution >= 4 is 34.5 Å². The van der Waals surface area contributed by atoms with Crippen molar-refractivity contribution in [1.29, 1.82) is 0 Å². The Morgan fingerprint density at radius 2 is 1.79 bits per heavy atom. The molecule has 6 nitrogen and oxygen atoms in total. The molecule has 180 valence electrons. The Bertz CT molecular complexity index is 1150. The molecule has 1 saturated heterocycles. The number of carbonyl (C=O) groups excluding carboxylic acids is 2. The molecule has 7 heteroatoms. The van der Waals surface area contributed by atoms with Gasteiger partial charge in [0.25, 0.3) is 0 Å². The van der Waals surface area contributed by atoms with Crippen LogP contribution >= 0.6 is 11.6 Å². The first-order valence-corrected chi connectivity index (χ1v) is 12.6. The number of aromatic nitrogens is 2. The van der Waals surface area contributed by atoms with Gasteiger partial charge >= 0.3 is 5.97 Å². The summed E-state index contributed by atoms with van der Waals surface area (Å²) in [4.78, 5) is 32.8. The van der Waals surface area contributed by atoms with E-state index >= 15 is 0 Å². The second-order valence-electron chi connectivity index (χ2n) is 8.81. The molecule has 1 fully saturated rings. The van der Waals surface area contributed by atoms with Crippen molar-refractivity contribution in [2.75, 3.05) is 19.7 Å². The SMILES string of the molecule is CCCC(C(=O)N1CCC(C(=O)OCC)CC1)n1c(Cc2ccccc2Cl)nc2ccccc21. The smallest absolute Gasteiger partial charge is 0.309 e. The Morgan fingerprint density at radius 3 is 2.50 bits per heavy atom. The molecule has 1 aliphatic rings. The number of nitrogens with zero attached hydrogens (tertiary/aromatic N) is 3. The van der Waals surface area contributed by atoms with E-state index in [4.69, 9.17) is 21.3 Å². The van der Waals surface area contributed by atoms with Gasteiger partial charge in [0, 0.05) is 24.5 Å². The standard InChI is InChI=1S/C27H32ClN3O3/c1-3-9-24(26(32)30-16-14-19(15-17-30)27(33)34-4-2)31-23-13-8-7-12-22(23)29-25(31)18-20-10-5-6-11-21(20)28/h5-8,10-13,19,24H,3-4,9,14-18H2,1-2H3. The van der Waals surface area contributed by atoms with Crippen LogP contribution in [-0.2, 0) is 20.7 Å². The van der Waals surface area contributed by atoms with Crippen LogP contribution in [0.25, 0.3) is 11.0 Å². The molecular formula is C27H32ClN3O3. The average molecular weight is 482 g/mol. The highest BCUT2D eigenvalue weighted by molar-refractivity contribution is 6.31. The molecule has 0 aliphatic carbocycles. The van der Waals surface area contributed by atoms with Gasteiger partial charge in [0.15, 0.2) is 0 Å². The maximum absolute atomic E-state index is 13.8. The Morgan fingerprint density at radius 1 is 1.09 bits per heavy atom. The third-order valence-electron chi connectivity index (χ3n) is 6.56. The predicted octanol–water partition coefficient (Wildman–Crippen LogP) is 5.42. The van der Waals surface area contributed by atoms with Gasteiger partial charge in [0.2, 0.25) is 5.91 Å². The second-order valence-corrected chi connectivity index (χ2v) is 9.22. The number of piperidine rings is 1. The summed E-state index contributed by atoms with van der Waals surface area (Å²) in [5.74, 6) is 0.649. The van der Waals surface area contributed by atoms with Gasteiger partial charge in [-0.1, -0.05) is 55.3 Å². The molecule has 0 saturated carbocycles. The summed E-state index contributed by atoms with van der Waals surface area (Å²) in [5.41, 5.74) is 2.82. The minimum absolute atomic E-state index is 0.0905. The largest absolute Gasteiger partial charge is 0.466 e. The summed E-state index contributed by atoms with van der Waals surface area (Å²) in [6.45, 7) is 5.43. The maximum atomic E-state index is 13.8. The van der Waals surface area contributed by atoms with Crippen molar-refractivity contribution in [2.45, 2.75) is 52.0 Å². The zero-order valence-corrected chi connectivity index (χ0v) is 20.6. The molecule has 1 unspecified atom stereocenters. The van der Waals surface area contributed by atoms with E-state index in [2.05, 4.69) is 11.5 Å². The predicted molar refractivity (Wildman–Crippen MR) is 134 cm³/mol. The molecule has 0 bridgehead atoms. The molecule has 1 aromatic heterocycles. The van der Waals surface area contributed by atoms with Gasteiger partial charge < -0.3 is 14.2 Å². The normalized spacial score (nSPS) is 15.4. The summed E-state index contributed by atoms with van der Waals surface area (Å²) in [6.07, 6.45) is 3.41. The lowest BCUT2D eigenvalue weighted by atomic mass is 9.96. The molecule has 2 heterocycles. The van der Waals surface area contributed by atoms with E-state index in [0.717, 1.165) is 28.8 Å². The molecule has 0 spiro atoms. The lowest BCUT2D eigenvalue weighted by molar-refractivity contribution is -0.151. The molecule has 1 atom stereocenters. The average Bonchev–Trinajstić information content (AvgIpc) is 3.21. The third kappa shape index (κ3) is 5.12. The molecule has 34 heavy (non-hydrogen) atoms. The molecule has 0 N–H and O–H groups in total. The topological polar surface area (TPSA) is 64.4 Å². The van der Waals surface area contributed by atoms with Crippen molar-refractivity contribution in [3.05, 3.63) is 64.9 Å². The number of fused-ring (bicyclic) bond motifs is 1. The van der Waals surface area contributed by atoms with E-state index in [0.29, 0.717) is 50.4 Å². The number of rotatable bonds is 8. The summed E-state index contributed by atoms with van der Waals surface area (Å²) in [6, 6.07) is 15.4. The van der Waals surface area contributed by atoms with Crippen LogP contribution in [0, 0.1) is 5.92 Å². The van der Waals surface area contributed by atoms with Crippen LogP contribution in [-0.4, -0.2) is 46.0 Å². The van der Waals surface area contributed by atoms with Gasteiger partial charge in [0.05, 0.1) is 23.6 Å². The second kappa shape index (κ2) is 11.0. The van der Waals surface area contributed by atoms with Gasteiger partial charge in [0.1, 0.15) is 11.9 Å². The van der Waals surface area contributed by atoms with E-state index in [9.17, 15) is 9.59 Å². The minimum Gasteiger partial charge on any atom is -0.466 e. The number of hydrogen-bond donors (Lipinski definition) is 0. The van der Waals surface area contributed by atoms with Crippen molar-refractivity contribution in [3.63, 3.8) is 0 Å². The molecule has 1 aliphatic heterocycles. The van der Waals surface area contributed by atoms with E-state index in [1.54, 1.807) is 0 Å². The summed E-state index contributed by atoms with van der Waals surface area (Å²) in [5, 5.41) is 0.695. The van der Waals surface area contributed by atoms with Crippen LogP contribution in [0.4, 0.5) is 0 Å². The zero-order chi connectivity index (χ0) is 24.1. The van der Waals surface area contributed by atoms with Crippen LogP contribution in [0.2, 0.25) is 5.02 Å². The van der Waals surface area contributed by atoms with Crippen LogP contribution in [0.1, 0.15) is 57.0 Å². The maximum Gasteiger partial charge on any atom is 0.309 e. The van der Waals surface area contributed by atoms with Gasteiger partial charge in [-0.2, -0.15) is 0 Å². The number of hydrogen-bond acceptors (Lipinski definition) is 4. The number of para-hydroxylation sites is 2. The Kier molecular flexibility index (Phi) is 7.88. The van der Waals surface area contributed by atoms with Gasteiger partial charge in [-0.15, -0.1) is 0 Å². The number of esters is 1. The molecule has 0 radical (unpaired) electrons. The number of carbonyl (C=O) groups is 2. The monoisotopic (exact) mass is 481 g/mol. The van der Waals surface area contributed by atoms with Crippen molar-refractivity contribution < 1.29 is 14.3 Å². The van der Waals surface area contributed by atoms with E-state index < -0.39 is 0 Å². The fraction of sp³-hybridized carbons (Fsp3) is 0.444. The van der Waals surface area contributed by atoms with Gasteiger partial charge in [-0.3, -0.25) is 9.59 Å². The molecule has 1 amide bonds. The Balaban J connectivity index is 1.64. The van der Waals surface area contributed by atoms with Gasteiger partial charge in [-0.05, 0) is 49.9 Å². The lowest BCUT2D eigenvalue weighted by Gasteiger charge is -2.34. The van der Waals surface area contributed by atoms with Crippen LogP contribution in [0.5, 0.6) is 0 Å². The van der Waals surface area contributed by atoms with E-state index in [-0.39, 0.29) is 23.8 Å². The third-order valence-corrected chi connectivity index (χ3v) is 6.93. The van der Waals surface area contributed by atoms with E-state index in [1.807, 2.05) is 60.4 Å². The van der Waals surface area contributed by atoms with Crippen molar-refractivity contribution in [1.82, 2.24) is 14.5 Å². The number of imidazole rings is 1. The number of benzene rings is 2. The highest BCUT2D eigenvalue weighted by Gasteiger charge is 2.33. The number of ether oxygens (including phenoxy) is 1. The molecule has 2 aromatic carbocycles. The van der Waals surface area contributed by atoms with Gasteiger partial charge in [-0.25, -0.2) is 4.98 Å². The molecular weight excluding hydrogens is 450 g/mol. The fourth-order valence-corrected chi connectivity index (χ4v) is 5.02. The fourth-order valence-electron chi connectivity index (χ4n) is 4.82. The van der Waals surface area contributed by atoms with E-state index in [1.165, 1.54) is 0 Å². The lowest BCUT2D eigenvalue weighted by Crippen LogP contribution is -2.44. The van der Waals surface area contributed by atoms with Crippen LogP contribution in [0.15, 0.2) is 48.5 Å². The number of halogens is 1.